The Morgan fingerprint density at radius 3 is 3.19 bits per heavy atom. The molecule has 0 radical (unpaired) electrons. The zero-order valence-corrected chi connectivity index (χ0v) is 12.8. The standard InChI is InChI=1S/C15H20N4OS/c1-4-11(16-7-1)12-5-2-8-19(12)10-14-17-15(18-20-14)13-6-3-9-21-13/h3,6,9,11-12,16H,1-2,4-5,7-8,10H2. The highest BCUT2D eigenvalue weighted by Crippen LogP contribution is 2.27. The second kappa shape index (κ2) is 5.87. The first-order valence-corrected chi connectivity index (χ1v) is 8.62. The van der Waals surface area contributed by atoms with Gasteiger partial charge in [-0.05, 0) is 50.2 Å². The minimum Gasteiger partial charge on any atom is -0.338 e. The summed E-state index contributed by atoms with van der Waals surface area (Å²) in [7, 11) is 0. The van der Waals surface area contributed by atoms with Crippen LogP contribution in [0.2, 0.25) is 0 Å². The van der Waals surface area contributed by atoms with Gasteiger partial charge in [0.15, 0.2) is 0 Å². The normalized spacial score (nSPS) is 26.7. The first-order chi connectivity index (χ1) is 10.4. The molecule has 2 atom stereocenters. The third-order valence-corrected chi connectivity index (χ3v) is 5.39. The zero-order chi connectivity index (χ0) is 14.1. The van der Waals surface area contributed by atoms with Crippen LogP contribution in [0.25, 0.3) is 10.7 Å². The van der Waals surface area contributed by atoms with E-state index in [0.29, 0.717) is 12.1 Å². The highest BCUT2D eigenvalue weighted by molar-refractivity contribution is 7.13. The van der Waals surface area contributed by atoms with Gasteiger partial charge < -0.3 is 9.84 Å². The van der Waals surface area contributed by atoms with Crippen LogP contribution in [-0.4, -0.2) is 40.2 Å². The van der Waals surface area contributed by atoms with Gasteiger partial charge in [-0.15, -0.1) is 11.3 Å². The van der Waals surface area contributed by atoms with Crippen molar-refractivity contribution in [1.82, 2.24) is 20.4 Å². The van der Waals surface area contributed by atoms with Crippen LogP contribution in [0.3, 0.4) is 0 Å². The highest BCUT2D eigenvalue weighted by Gasteiger charge is 2.33. The molecule has 0 amide bonds. The van der Waals surface area contributed by atoms with Crippen LogP contribution < -0.4 is 5.32 Å². The Morgan fingerprint density at radius 1 is 1.38 bits per heavy atom. The number of hydrogen-bond acceptors (Lipinski definition) is 6. The molecule has 2 unspecified atom stereocenters. The van der Waals surface area contributed by atoms with Crippen molar-refractivity contribution in [3.63, 3.8) is 0 Å². The molecule has 0 aliphatic carbocycles. The first kappa shape index (κ1) is 13.4. The van der Waals surface area contributed by atoms with E-state index >= 15 is 0 Å². The second-order valence-corrected chi connectivity index (χ2v) is 6.82. The minimum atomic E-state index is 0.629. The molecule has 2 saturated heterocycles. The number of rotatable bonds is 4. The maximum absolute atomic E-state index is 5.44. The van der Waals surface area contributed by atoms with Crippen molar-refractivity contribution in [3.05, 3.63) is 23.4 Å². The number of aromatic nitrogens is 2. The summed E-state index contributed by atoms with van der Waals surface area (Å²) in [5.41, 5.74) is 0. The van der Waals surface area contributed by atoms with Gasteiger partial charge in [-0.3, -0.25) is 4.90 Å². The third kappa shape index (κ3) is 2.75. The lowest BCUT2D eigenvalue weighted by atomic mass is 10.0. The van der Waals surface area contributed by atoms with Crippen LogP contribution in [0.15, 0.2) is 22.0 Å². The first-order valence-electron chi connectivity index (χ1n) is 7.74. The molecule has 2 fully saturated rings. The summed E-state index contributed by atoms with van der Waals surface area (Å²) in [6, 6.07) is 5.32. The summed E-state index contributed by atoms with van der Waals surface area (Å²) in [6.45, 7) is 3.08. The zero-order valence-electron chi connectivity index (χ0n) is 12.0. The average molecular weight is 304 g/mol. The predicted octanol–water partition coefficient (Wildman–Crippen LogP) is 2.51. The number of nitrogens with one attached hydrogen (secondary N) is 1. The van der Waals surface area contributed by atoms with Gasteiger partial charge in [0.05, 0.1) is 11.4 Å². The van der Waals surface area contributed by atoms with Crippen LogP contribution >= 0.6 is 11.3 Å². The number of hydrogen-bond donors (Lipinski definition) is 1. The molecule has 2 aliphatic rings. The van der Waals surface area contributed by atoms with Crippen LogP contribution in [0, 0.1) is 0 Å². The van der Waals surface area contributed by atoms with Crippen molar-refractivity contribution < 1.29 is 4.52 Å². The molecule has 0 saturated carbocycles. The lowest BCUT2D eigenvalue weighted by Gasteiger charge is -2.28. The molecule has 2 aliphatic heterocycles. The summed E-state index contributed by atoms with van der Waals surface area (Å²) in [6.07, 6.45) is 5.15. The molecular formula is C15H20N4OS. The van der Waals surface area contributed by atoms with E-state index in [9.17, 15) is 0 Å². The van der Waals surface area contributed by atoms with Crippen LogP contribution in [0.5, 0.6) is 0 Å². The Hall–Kier alpha value is -1.24. The van der Waals surface area contributed by atoms with Crippen molar-refractivity contribution in [2.24, 2.45) is 0 Å². The predicted molar refractivity (Wildman–Crippen MR) is 82.1 cm³/mol. The molecule has 4 rings (SSSR count). The molecule has 5 nitrogen and oxygen atoms in total. The van der Waals surface area contributed by atoms with E-state index < -0.39 is 0 Å². The van der Waals surface area contributed by atoms with Crippen molar-refractivity contribution in [2.45, 2.75) is 44.3 Å². The van der Waals surface area contributed by atoms with E-state index in [1.165, 1.54) is 25.7 Å². The van der Waals surface area contributed by atoms with Crippen molar-refractivity contribution in [2.75, 3.05) is 13.1 Å². The maximum atomic E-state index is 5.44. The fourth-order valence-electron chi connectivity index (χ4n) is 3.54. The van der Waals surface area contributed by atoms with Crippen molar-refractivity contribution >= 4 is 11.3 Å². The third-order valence-electron chi connectivity index (χ3n) is 4.53. The molecule has 6 heteroatoms. The quantitative estimate of drug-likeness (QED) is 0.940. The van der Waals surface area contributed by atoms with Gasteiger partial charge in [0.2, 0.25) is 11.7 Å². The van der Waals surface area contributed by atoms with Gasteiger partial charge in [0.1, 0.15) is 0 Å². The lowest BCUT2D eigenvalue weighted by Crippen LogP contribution is -2.43. The monoisotopic (exact) mass is 304 g/mol. The van der Waals surface area contributed by atoms with E-state index in [2.05, 4.69) is 20.4 Å². The van der Waals surface area contributed by atoms with Gasteiger partial charge in [0, 0.05) is 12.1 Å². The molecule has 1 N–H and O–H groups in total. The smallest absolute Gasteiger partial charge is 0.241 e. The average Bonchev–Trinajstić information content (AvgIpc) is 3.28. The van der Waals surface area contributed by atoms with Gasteiger partial charge >= 0.3 is 0 Å². The molecule has 21 heavy (non-hydrogen) atoms. The lowest BCUT2D eigenvalue weighted by molar-refractivity contribution is 0.182. The van der Waals surface area contributed by atoms with Gasteiger partial charge in [-0.1, -0.05) is 11.2 Å². The van der Waals surface area contributed by atoms with E-state index in [1.807, 2.05) is 17.5 Å². The SMILES string of the molecule is c1csc(-c2noc(CN3CCCC3C3CCCN3)n2)c1. The molecule has 2 aromatic rings. The summed E-state index contributed by atoms with van der Waals surface area (Å²) in [5.74, 6) is 1.46. The molecule has 112 valence electrons. The largest absolute Gasteiger partial charge is 0.338 e. The summed E-state index contributed by atoms with van der Waals surface area (Å²) >= 11 is 1.64. The van der Waals surface area contributed by atoms with Crippen LogP contribution in [-0.2, 0) is 6.54 Å². The van der Waals surface area contributed by atoms with Crippen LogP contribution in [0.1, 0.15) is 31.6 Å². The van der Waals surface area contributed by atoms with E-state index in [-0.39, 0.29) is 0 Å². The Bertz CT molecular complexity index is 576. The molecule has 4 heterocycles. The Labute approximate surface area is 128 Å². The highest BCUT2D eigenvalue weighted by atomic mass is 32.1. The van der Waals surface area contributed by atoms with E-state index in [4.69, 9.17) is 4.52 Å². The number of nitrogens with zero attached hydrogens (tertiary/aromatic N) is 3. The van der Waals surface area contributed by atoms with Crippen LogP contribution in [0.4, 0.5) is 0 Å². The Kier molecular flexibility index (Phi) is 3.75. The fraction of sp³-hybridized carbons (Fsp3) is 0.600. The second-order valence-electron chi connectivity index (χ2n) is 5.87. The number of likely N-dealkylation sites (tertiary alicyclic amines) is 1. The van der Waals surface area contributed by atoms with Gasteiger partial charge in [-0.2, -0.15) is 4.98 Å². The summed E-state index contributed by atoms with van der Waals surface area (Å²) in [5, 5.41) is 9.78. The molecular weight excluding hydrogens is 284 g/mol. The fourth-order valence-corrected chi connectivity index (χ4v) is 4.19. The Morgan fingerprint density at radius 2 is 2.38 bits per heavy atom. The molecule has 0 aromatic carbocycles. The molecule has 0 bridgehead atoms. The van der Waals surface area contributed by atoms with Gasteiger partial charge in [-0.25, -0.2) is 0 Å². The maximum Gasteiger partial charge on any atom is 0.241 e. The van der Waals surface area contributed by atoms with E-state index in [0.717, 1.165) is 36.2 Å². The van der Waals surface area contributed by atoms with Crippen molar-refractivity contribution in [1.29, 1.82) is 0 Å². The number of thiophene rings is 1. The summed E-state index contributed by atoms with van der Waals surface area (Å²) in [4.78, 5) is 8.13. The van der Waals surface area contributed by atoms with E-state index in [1.54, 1.807) is 11.3 Å². The molecule has 2 aromatic heterocycles. The van der Waals surface area contributed by atoms with Gasteiger partial charge in [0.25, 0.3) is 0 Å². The molecule has 0 spiro atoms. The minimum absolute atomic E-state index is 0.629. The Balaban J connectivity index is 1.45. The summed E-state index contributed by atoms with van der Waals surface area (Å²) < 4.78 is 5.44. The topological polar surface area (TPSA) is 54.2 Å². The van der Waals surface area contributed by atoms with Crippen molar-refractivity contribution in [3.8, 4) is 10.7 Å².